The highest BCUT2D eigenvalue weighted by atomic mass is 19.1. The van der Waals surface area contributed by atoms with Gasteiger partial charge in [0, 0.05) is 24.0 Å². The molecule has 2 atom stereocenters. The number of benzene rings is 1. The molecule has 0 radical (unpaired) electrons. The van der Waals surface area contributed by atoms with Crippen molar-refractivity contribution in [3.05, 3.63) is 65.5 Å². The Morgan fingerprint density at radius 3 is 2.89 bits per heavy atom. The molecular weight excluding hydrogens is 364 g/mol. The summed E-state index contributed by atoms with van der Waals surface area (Å²) in [5, 5.41) is 4.20. The summed E-state index contributed by atoms with van der Waals surface area (Å²) in [6.45, 7) is 4.82. The fourth-order valence-corrected chi connectivity index (χ4v) is 3.91. The average Bonchev–Trinajstić information content (AvgIpc) is 3.26. The van der Waals surface area contributed by atoms with Crippen molar-refractivity contribution in [1.29, 1.82) is 0 Å². The maximum Gasteiger partial charge on any atom is 0.341 e. The molecule has 3 aromatic rings. The van der Waals surface area contributed by atoms with Crippen LogP contribution in [0.4, 0.5) is 14.5 Å². The van der Waals surface area contributed by atoms with E-state index in [0.717, 1.165) is 18.2 Å². The highest BCUT2D eigenvalue weighted by Crippen LogP contribution is 2.40. The van der Waals surface area contributed by atoms with Crippen molar-refractivity contribution in [3.63, 3.8) is 0 Å². The van der Waals surface area contributed by atoms with Crippen molar-refractivity contribution < 1.29 is 18.3 Å². The van der Waals surface area contributed by atoms with Gasteiger partial charge in [-0.15, -0.1) is 0 Å². The Morgan fingerprint density at radius 2 is 2.11 bits per heavy atom. The monoisotopic (exact) mass is 385 g/mol. The van der Waals surface area contributed by atoms with Gasteiger partial charge in [-0.25, -0.2) is 18.1 Å². The van der Waals surface area contributed by atoms with E-state index < -0.39 is 17.6 Å². The van der Waals surface area contributed by atoms with Crippen molar-refractivity contribution in [2.24, 2.45) is 5.92 Å². The third-order valence-electron chi connectivity index (χ3n) is 5.16. The first-order valence-corrected chi connectivity index (χ1v) is 9.34. The molecule has 0 N–H and O–H groups in total. The largest absolute Gasteiger partial charge is 0.462 e. The average molecular weight is 385 g/mol. The molecule has 0 saturated carbocycles. The third-order valence-corrected chi connectivity index (χ3v) is 5.16. The van der Waals surface area contributed by atoms with Crippen LogP contribution in [0.15, 0.2) is 42.7 Å². The van der Waals surface area contributed by atoms with E-state index in [2.05, 4.69) is 16.9 Å². The van der Waals surface area contributed by atoms with Crippen LogP contribution in [0, 0.1) is 17.6 Å². The number of carbonyl (C=O) groups excluding carboxylic acids is 1. The van der Waals surface area contributed by atoms with Gasteiger partial charge in [0.2, 0.25) is 0 Å². The van der Waals surface area contributed by atoms with Crippen LogP contribution < -0.4 is 4.90 Å². The number of carbonyl (C=O) groups is 1. The molecule has 1 fully saturated rings. The standard InChI is InChI=1S/C21H21F2N3O2/c1-3-28-21(27)17-11-24-26-7-6-15(10-20(17)26)25-12-13(2)8-19(25)16-9-14(22)4-5-18(16)23/h4-7,9-11,13,19H,3,8,12H2,1-2H3/t13-,19?/m1/s1. The molecular formula is C21H21F2N3O2. The summed E-state index contributed by atoms with van der Waals surface area (Å²) >= 11 is 0. The van der Waals surface area contributed by atoms with Crippen molar-refractivity contribution in [1.82, 2.24) is 9.61 Å². The minimum Gasteiger partial charge on any atom is -0.462 e. The van der Waals surface area contributed by atoms with Crippen molar-refractivity contribution in [2.75, 3.05) is 18.1 Å². The van der Waals surface area contributed by atoms with Gasteiger partial charge in [-0.3, -0.25) is 0 Å². The summed E-state index contributed by atoms with van der Waals surface area (Å²) in [6.07, 6.45) is 3.96. The molecule has 5 nitrogen and oxygen atoms in total. The number of fused-ring (bicyclic) bond motifs is 1. The quantitative estimate of drug-likeness (QED) is 0.626. The van der Waals surface area contributed by atoms with Gasteiger partial charge in [0.15, 0.2) is 0 Å². The summed E-state index contributed by atoms with van der Waals surface area (Å²) in [7, 11) is 0. The molecule has 3 heterocycles. The first-order chi connectivity index (χ1) is 13.5. The van der Waals surface area contributed by atoms with Crippen LogP contribution >= 0.6 is 0 Å². The lowest BCUT2D eigenvalue weighted by Crippen LogP contribution is -2.24. The molecule has 4 rings (SSSR count). The molecule has 1 unspecified atom stereocenters. The lowest BCUT2D eigenvalue weighted by atomic mass is 10.00. The fourth-order valence-electron chi connectivity index (χ4n) is 3.91. The number of hydrogen-bond donors (Lipinski definition) is 0. The number of halogens is 2. The second-order valence-corrected chi connectivity index (χ2v) is 7.17. The van der Waals surface area contributed by atoms with Crippen LogP contribution in [0.5, 0.6) is 0 Å². The molecule has 28 heavy (non-hydrogen) atoms. The van der Waals surface area contributed by atoms with Gasteiger partial charge in [-0.2, -0.15) is 5.10 Å². The van der Waals surface area contributed by atoms with E-state index in [1.54, 1.807) is 17.6 Å². The van der Waals surface area contributed by atoms with E-state index in [-0.39, 0.29) is 12.6 Å². The lowest BCUT2D eigenvalue weighted by Gasteiger charge is -2.27. The fraction of sp³-hybridized carbons (Fsp3) is 0.333. The summed E-state index contributed by atoms with van der Waals surface area (Å²) < 4.78 is 34.9. The molecule has 1 aliphatic rings. The zero-order chi connectivity index (χ0) is 19.8. The van der Waals surface area contributed by atoms with Gasteiger partial charge in [-0.05, 0) is 49.6 Å². The topological polar surface area (TPSA) is 46.8 Å². The first-order valence-electron chi connectivity index (χ1n) is 9.34. The smallest absolute Gasteiger partial charge is 0.341 e. The van der Waals surface area contributed by atoms with Gasteiger partial charge < -0.3 is 9.64 Å². The Kier molecular flexibility index (Phi) is 4.75. The maximum absolute atomic E-state index is 14.4. The summed E-state index contributed by atoms with van der Waals surface area (Å²) in [5.41, 5.74) is 2.18. The van der Waals surface area contributed by atoms with Crippen molar-refractivity contribution in [3.8, 4) is 0 Å². The Balaban J connectivity index is 1.76. The number of anilines is 1. The van der Waals surface area contributed by atoms with Crippen molar-refractivity contribution >= 4 is 17.2 Å². The van der Waals surface area contributed by atoms with Gasteiger partial charge in [0.05, 0.1) is 24.4 Å². The van der Waals surface area contributed by atoms with Gasteiger partial charge in [0.1, 0.15) is 17.2 Å². The minimum absolute atomic E-state index is 0.276. The van der Waals surface area contributed by atoms with E-state index in [1.165, 1.54) is 18.3 Å². The SMILES string of the molecule is CCOC(=O)c1cnn2ccc(N3C[C@H](C)CC3c3cc(F)ccc3F)cc12. The molecule has 0 amide bonds. The molecule has 1 saturated heterocycles. The van der Waals surface area contributed by atoms with Crippen LogP contribution in [-0.4, -0.2) is 28.7 Å². The third kappa shape index (κ3) is 3.21. The molecule has 0 bridgehead atoms. The van der Waals surface area contributed by atoms with Gasteiger partial charge in [0.25, 0.3) is 0 Å². The molecule has 1 aliphatic heterocycles. The molecule has 0 aliphatic carbocycles. The predicted molar refractivity (Wildman–Crippen MR) is 101 cm³/mol. The van der Waals surface area contributed by atoms with Crippen LogP contribution in [0.3, 0.4) is 0 Å². The van der Waals surface area contributed by atoms with Gasteiger partial charge >= 0.3 is 5.97 Å². The zero-order valence-electron chi connectivity index (χ0n) is 15.7. The molecule has 0 spiro atoms. The molecule has 2 aromatic heterocycles. The predicted octanol–water partition coefficient (Wildman–Crippen LogP) is 4.38. The van der Waals surface area contributed by atoms with Crippen LogP contribution in [0.25, 0.3) is 5.52 Å². The summed E-state index contributed by atoms with van der Waals surface area (Å²) in [5.74, 6) is -0.981. The van der Waals surface area contributed by atoms with Crippen LogP contribution in [0.2, 0.25) is 0 Å². The zero-order valence-corrected chi connectivity index (χ0v) is 15.7. The minimum atomic E-state index is -0.452. The number of esters is 1. The normalized spacial score (nSPS) is 19.4. The number of ether oxygens (including phenoxy) is 1. The first kappa shape index (κ1) is 18.4. The number of aromatic nitrogens is 2. The highest BCUT2D eigenvalue weighted by Gasteiger charge is 2.33. The number of nitrogens with zero attached hydrogens (tertiary/aromatic N) is 3. The van der Waals surface area contributed by atoms with E-state index in [0.29, 0.717) is 29.1 Å². The number of pyridine rings is 1. The summed E-state index contributed by atoms with van der Waals surface area (Å²) in [6, 6.07) is 7.02. The van der Waals surface area contributed by atoms with Crippen LogP contribution in [-0.2, 0) is 4.74 Å². The summed E-state index contributed by atoms with van der Waals surface area (Å²) in [4.78, 5) is 14.3. The molecule has 1 aromatic carbocycles. The van der Waals surface area contributed by atoms with Crippen LogP contribution in [0.1, 0.15) is 42.2 Å². The van der Waals surface area contributed by atoms with E-state index in [1.807, 2.05) is 12.1 Å². The molecule has 7 heteroatoms. The van der Waals surface area contributed by atoms with E-state index >= 15 is 0 Å². The Hall–Kier alpha value is -2.96. The highest BCUT2D eigenvalue weighted by molar-refractivity contribution is 5.97. The number of hydrogen-bond acceptors (Lipinski definition) is 4. The second-order valence-electron chi connectivity index (χ2n) is 7.17. The van der Waals surface area contributed by atoms with Crippen molar-refractivity contribution in [2.45, 2.75) is 26.3 Å². The Labute approximate surface area is 161 Å². The molecule has 146 valence electrons. The van der Waals surface area contributed by atoms with E-state index in [9.17, 15) is 13.6 Å². The number of rotatable bonds is 4. The van der Waals surface area contributed by atoms with Gasteiger partial charge in [-0.1, -0.05) is 6.92 Å². The Morgan fingerprint density at radius 1 is 1.29 bits per heavy atom. The Bertz CT molecular complexity index is 1030. The second kappa shape index (κ2) is 7.22. The lowest BCUT2D eigenvalue weighted by molar-refractivity contribution is 0.0528. The maximum atomic E-state index is 14.4. The van der Waals surface area contributed by atoms with E-state index in [4.69, 9.17) is 4.74 Å².